The first-order valence-corrected chi connectivity index (χ1v) is 8.30. The van der Waals surface area contributed by atoms with Crippen LogP contribution in [-0.4, -0.2) is 5.91 Å². The van der Waals surface area contributed by atoms with Crippen LogP contribution in [-0.2, 0) is 0 Å². The van der Waals surface area contributed by atoms with Crippen molar-refractivity contribution in [1.29, 1.82) is 0 Å². The van der Waals surface area contributed by atoms with Gasteiger partial charge < -0.3 is 5.32 Å². The van der Waals surface area contributed by atoms with Crippen LogP contribution in [0.15, 0.2) is 34.8 Å². The maximum absolute atomic E-state index is 12.3. The molecule has 2 nitrogen and oxygen atoms in total. The number of nitrogens with one attached hydrogen (secondary N) is 1. The molecule has 7 heteroatoms. The Morgan fingerprint density at radius 2 is 1.70 bits per heavy atom. The lowest BCUT2D eigenvalue weighted by molar-refractivity contribution is 0.102. The Labute approximate surface area is 153 Å². The van der Waals surface area contributed by atoms with E-state index in [0.29, 0.717) is 26.3 Å². The molecule has 2 aromatic rings. The van der Waals surface area contributed by atoms with Gasteiger partial charge in [0.2, 0.25) is 0 Å². The Hall–Kier alpha value is -0.0100. The van der Waals surface area contributed by atoms with Crippen molar-refractivity contribution < 1.29 is 4.79 Å². The molecule has 1 amide bonds. The molecular formula is C13H6BrCl3INO. The second-order valence-electron chi connectivity index (χ2n) is 3.82. The van der Waals surface area contributed by atoms with Gasteiger partial charge in [0, 0.05) is 13.1 Å². The van der Waals surface area contributed by atoms with Crippen LogP contribution in [0.2, 0.25) is 15.1 Å². The Balaban J connectivity index is 2.35. The number of hydrogen-bond donors (Lipinski definition) is 1. The van der Waals surface area contributed by atoms with E-state index in [4.69, 9.17) is 34.8 Å². The molecule has 0 unspecified atom stereocenters. The van der Waals surface area contributed by atoms with Crippen LogP contribution in [0.25, 0.3) is 0 Å². The maximum atomic E-state index is 12.3. The van der Waals surface area contributed by atoms with E-state index < -0.39 is 0 Å². The predicted octanol–water partition coefficient (Wildman–Crippen LogP) is 6.27. The van der Waals surface area contributed by atoms with Crippen molar-refractivity contribution in [2.24, 2.45) is 0 Å². The van der Waals surface area contributed by atoms with Crippen molar-refractivity contribution in [3.63, 3.8) is 0 Å². The maximum Gasteiger partial charge on any atom is 0.256 e. The molecule has 0 bridgehead atoms. The van der Waals surface area contributed by atoms with Crippen molar-refractivity contribution in [2.45, 2.75) is 0 Å². The molecule has 0 atom stereocenters. The van der Waals surface area contributed by atoms with Crippen molar-refractivity contribution in [3.8, 4) is 0 Å². The fraction of sp³-hybridized carbons (Fsp3) is 0. The van der Waals surface area contributed by atoms with Gasteiger partial charge in [0.25, 0.3) is 5.91 Å². The fourth-order valence-electron chi connectivity index (χ4n) is 1.51. The standard InChI is InChI=1S/C13H6BrCl3INO/c14-6-1-2-11(18)8(3-6)13(20)19-12-9(16)4-7(15)5-10(12)17/h1-5H,(H,19,20). The summed E-state index contributed by atoms with van der Waals surface area (Å²) in [6.45, 7) is 0. The molecule has 0 spiro atoms. The van der Waals surface area contributed by atoms with Crippen LogP contribution in [0.1, 0.15) is 10.4 Å². The molecule has 1 N–H and O–H groups in total. The summed E-state index contributed by atoms with van der Waals surface area (Å²) >= 11 is 23.3. The van der Waals surface area contributed by atoms with E-state index in [0.717, 1.165) is 8.04 Å². The van der Waals surface area contributed by atoms with E-state index in [1.807, 2.05) is 12.1 Å². The predicted molar refractivity (Wildman–Crippen MR) is 96.3 cm³/mol. The highest BCUT2D eigenvalue weighted by atomic mass is 127. The van der Waals surface area contributed by atoms with Gasteiger partial charge in [-0.15, -0.1) is 0 Å². The molecule has 2 aromatic carbocycles. The molecule has 0 fully saturated rings. The zero-order valence-electron chi connectivity index (χ0n) is 9.68. The first-order chi connectivity index (χ1) is 9.38. The van der Waals surface area contributed by atoms with Crippen molar-refractivity contribution in [1.82, 2.24) is 0 Å². The van der Waals surface area contributed by atoms with Gasteiger partial charge in [0.05, 0.1) is 21.3 Å². The minimum atomic E-state index is -0.290. The summed E-state index contributed by atoms with van der Waals surface area (Å²) in [5.41, 5.74) is 0.876. The molecular weight excluding hydrogens is 499 g/mol. The third-order valence-electron chi connectivity index (χ3n) is 2.42. The molecule has 0 aromatic heterocycles. The second kappa shape index (κ2) is 6.83. The van der Waals surface area contributed by atoms with E-state index in [1.165, 1.54) is 12.1 Å². The number of halogens is 5. The highest BCUT2D eigenvalue weighted by Crippen LogP contribution is 2.34. The summed E-state index contributed by atoms with van der Waals surface area (Å²) in [7, 11) is 0. The fourth-order valence-corrected chi connectivity index (χ4v) is 3.37. The molecule has 0 aliphatic rings. The Morgan fingerprint density at radius 1 is 1.10 bits per heavy atom. The average molecular weight is 505 g/mol. The summed E-state index contributed by atoms with van der Waals surface area (Å²) in [6, 6.07) is 8.48. The van der Waals surface area contributed by atoms with Gasteiger partial charge in [-0.3, -0.25) is 4.79 Å². The molecule has 0 aliphatic carbocycles. The van der Waals surface area contributed by atoms with Crippen molar-refractivity contribution >= 4 is 84.9 Å². The van der Waals surface area contributed by atoms with E-state index in [-0.39, 0.29) is 5.91 Å². The van der Waals surface area contributed by atoms with Crippen LogP contribution < -0.4 is 5.32 Å². The van der Waals surface area contributed by atoms with E-state index in [9.17, 15) is 4.79 Å². The van der Waals surface area contributed by atoms with E-state index in [2.05, 4.69) is 43.8 Å². The third kappa shape index (κ3) is 3.80. The number of anilines is 1. The van der Waals surface area contributed by atoms with Gasteiger partial charge in [0.15, 0.2) is 0 Å². The summed E-state index contributed by atoms with van der Waals surface area (Å²) in [5, 5.41) is 3.70. The Kier molecular flexibility index (Phi) is 5.59. The number of hydrogen-bond acceptors (Lipinski definition) is 1. The minimum absolute atomic E-state index is 0.290. The van der Waals surface area contributed by atoms with Gasteiger partial charge in [-0.2, -0.15) is 0 Å². The molecule has 0 radical (unpaired) electrons. The minimum Gasteiger partial charge on any atom is -0.319 e. The lowest BCUT2D eigenvalue weighted by Gasteiger charge is -2.11. The smallest absolute Gasteiger partial charge is 0.256 e. The van der Waals surface area contributed by atoms with Gasteiger partial charge >= 0.3 is 0 Å². The lowest BCUT2D eigenvalue weighted by Crippen LogP contribution is -2.14. The highest BCUT2D eigenvalue weighted by Gasteiger charge is 2.15. The molecule has 0 saturated heterocycles. The van der Waals surface area contributed by atoms with Gasteiger partial charge in [-0.1, -0.05) is 50.7 Å². The highest BCUT2D eigenvalue weighted by molar-refractivity contribution is 14.1. The van der Waals surface area contributed by atoms with Gasteiger partial charge in [-0.05, 0) is 52.9 Å². The first-order valence-electron chi connectivity index (χ1n) is 5.29. The largest absolute Gasteiger partial charge is 0.319 e. The molecule has 0 saturated carbocycles. The normalized spacial score (nSPS) is 10.4. The van der Waals surface area contributed by atoms with Crippen LogP contribution >= 0.6 is 73.3 Å². The molecule has 0 heterocycles. The van der Waals surface area contributed by atoms with Gasteiger partial charge in [0.1, 0.15) is 0 Å². The molecule has 20 heavy (non-hydrogen) atoms. The third-order valence-corrected chi connectivity index (χ3v) is 4.67. The Bertz CT molecular complexity index is 670. The number of benzene rings is 2. The number of amides is 1. The van der Waals surface area contributed by atoms with Gasteiger partial charge in [-0.25, -0.2) is 0 Å². The molecule has 104 valence electrons. The summed E-state index contributed by atoms with van der Waals surface area (Å²) in [6.07, 6.45) is 0. The monoisotopic (exact) mass is 503 g/mol. The van der Waals surface area contributed by atoms with Crippen molar-refractivity contribution in [2.75, 3.05) is 5.32 Å². The topological polar surface area (TPSA) is 29.1 Å². The van der Waals surface area contributed by atoms with E-state index in [1.54, 1.807) is 6.07 Å². The molecule has 2 rings (SSSR count). The second-order valence-corrected chi connectivity index (χ2v) is 7.15. The van der Waals surface area contributed by atoms with Crippen molar-refractivity contribution in [3.05, 3.63) is 59.0 Å². The summed E-state index contributed by atoms with van der Waals surface area (Å²) in [5.74, 6) is -0.290. The number of carbonyl (C=O) groups is 1. The zero-order chi connectivity index (χ0) is 14.9. The van der Waals surface area contributed by atoms with E-state index >= 15 is 0 Å². The van der Waals surface area contributed by atoms with Crippen LogP contribution in [0, 0.1) is 3.57 Å². The van der Waals surface area contributed by atoms with Crippen LogP contribution in [0.5, 0.6) is 0 Å². The quantitative estimate of drug-likeness (QED) is 0.480. The summed E-state index contributed by atoms with van der Waals surface area (Å²) in [4.78, 5) is 12.3. The molecule has 0 aliphatic heterocycles. The van der Waals surface area contributed by atoms with Crippen LogP contribution in [0.3, 0.4) is 0 Å². The zero-order valence-corrected chi connectivity index (χ0v) is 15.7. The summed E-state index contributed by atoms with van der Waals surface area (Å²) < 4.78 is 1.64. The SMILES string of the molecule is O=C(Nc1c(Cl)cc(Cl)cc1Cl)c1cc(Br)ccc1I. The number of rotatable bonds is 2. The Morgan fingerprint density at radius 3 is 2.30 bits per heavy atom. The average Bonchev–Trinajstić information content (AvgIpc) is 2.36. The lowest BCUT2D eigenvalue weighted by atomic mass is 10.2. The van der Waals surface area contributed by atoms with Crippen LogP contribution in [0.4, 0.5) is 5.69 Å². The first kappa shape index (κ1) is 16.4. The number of carbonyl (C=O) groups excluding carboxylic acids is 1.